The van der Waals surface area contributed by atoms with Crippen molar-refractivity contribution in [2.75, 3.05) is 13.6 Å². The number of halogens is 3. The highest BCUT2D eigenvalue weighted by atomic mass is 19.4. The first-order valence-electron chi connectivity index (χ1n) is 4.88. The molecule has 0 spiro atoms. The van der Waals surface area contributed by atoms with Crippen LogP contribution in [0.25, 0.3) is 6.08 Å². The molecule has 16 heavy (non-hydrogen) atoms. The molecule has 0 saturated heterocycles. The molecule has 0 fully saturated rings. The Balaban J connectivity index is 2.83. The lowest BCUT2D eigenvalue weighted by Crippen LogP contribution is -2.08. The van der Waals surface area contributed by atoms with Gasteiger partial charge < -0.3 is 5.32 Å². The third-order valence-corrected chi connectivity index (χ3v) is 2.02. The van der Waals surface area contributed by atoms with Crippen LogP contribution in [0.15, 0.2) is 24.5 Å². The van der Waals surface area contributed by atoms with Gasteiger partial charge in [0.15, 0.2) is 0 Å². The molecule has 1 N–H and O–H groups in total. The fourth-order valence-electron chi connectivity index (χ4n) is 1.24. The lowest BCUT2D eigenvalue weighted by molar-refractivity contribution is -0.137. The first-order valence-corrected chi connectivity index (χ1v) is 4.88. The molecule has 0 radical (unpaired) electrons. The second kappa shape index (κ2) is 5.65. The van der Waals surface area contributed by atoms with Crippen molar-refractivity contribution in [1.82, 2.24) is 10.3 Å². The molecular formula is C11H13F3N2. The molecule has 0 aliphatic carbocycles. The van der Waals surface area contributed by atoms with Crippen molar-refractivity contribution in [2.45, 2.75) is 12.6 Å². The van der Waals surface area contributed by atoms with Crippen LogP contribution in [-0.2, 0) is 6.18 Å². The molecule has 0 atom stereocenters. The number of nitrogens with zero attached hydrogens (tertiary/aromatic N) is 1. The predicted octanol–water partition coefficient (Wildman–Crippen LogP) is 2.72. The smallest absolute Gasteiger partial charge is 0.319 e. The Bertz CT molecular complexity index is 358. The summed E-state index contributed by atoms with van der Waals surface area (Å²) in [7, 11) is 1.79. The Morgan fingerprint density at radius 3 is 2.81 bits per heavy atom. The summed E-state index contributed by atoms with van der Waals surface area (Å²) in [6, 6.07) is 0.984. The molecule has 0 saturated carbocycles. The first kappa shape index (κ1) is 12.7. The van der Waals surface area contributed by atoms with Crippen molar-refractivity contribution in [3.05, 3.63) is 35.7 Å². The van der Waals surface area contributed by atoms with Gasteiger partial charge in [0.05, 0.1) is 5.56 Å². The summed E-state index contributed by atoms with van der Waals surface area (Å²) in [5.74, 6) is 0. The minimum absolute atomic E-state index is 0.103. The zero-order chi connectivity index (χ0) is 12.0. The van der Waals surface area contributed by atoms with Gasteiger partial charge in [-0.15, -0.1) is 0 Å². The van der Waals surface area contributed by atoms with Gasteiger partial charge in [-0.05, 0) is 26.1 Å². The zero-order valence-corrected chi connectivity index (χ0v) is 8.88. The number of hydrogen-bond donors (Lipinski definition) is 1. The highest BCUT2D eigenvalue weighted by Crippen LogP contribution is 2.31. The van der Waals surface area contributed by atoms with Gasteiger partial charge >= 0.3 is 6.18 Å². The summed E-state index contributed by atoms with van der Waals surface area (Å²) >= 11 is 0. The Kier molecular flexibility index (Phi) is 4.49. The van der Waals surface area contributed by atoms with Gasteiger partial charge in [0.25, 0.3) is 0 Å². The van der Waals surface area contributed by atoms with E-state index in [0.717, 1.165) is 18.8 Å². The number of aromatic nitrogens is 1. The number of hydrogen-bond acceptors (Lipinski definition) is 2. The molecule has 2 nitrogen and oxygen atoms in total. The Morgan fingerprint density at radius 2 is 2.19 bits per heavy atom. The van der Waals surface area contributed by atoms with Gasteiger partial charge in [0, 0.05) is 18.0 Å². The van der Waals surface area contributed by atoms with Crippen LogP contribution in [-0.4, -0.2) is 18.6 Å². The maximum absolute atomic E-state index is 12.5. The first-order chi connectivity index (χ1) is 7.55. The van der Waals surface area contributed by atoms with Crippen molar-refractivity contribution in [1.29, 1.82) is 0 Å². The van der Waals surface area contributed by atoms with Gasteiger partial charge in [-0.1, -0.05) is 12.2 Å². The van der Waals surface area contributed by atoms with Gasteiger partial charge in [0.2, 0.25) is 0 Å². The monoisotopic (exact) mass is 230 g/mol. The molecule has 1 rings (SSSR count). The van der Waals surface area contributed by atoms with E-state index in [0.29, 0.717) is 6.42 Å². The highest BCUT2D eigenvalue weighted by Gasteiger charge is 2.32. The third-order valence-electron chi connectivity index (χ3n) is 2.02. The maximum atomic E-state index is 12.5. The third kappa shape index (κ3) is 3.66. The van der Waals surface area contributed by atoms with Crippen molar-refractivity contribution in [3.63, 3.8) is 0 Å². The molecular weight excluding hydrogens is 217 g/mol. The van der Waals surface area contributed by atoms with Crippen LogP contribution in [0.2, 0.25) is 0 Å². The minimum atomic E-state index is -4.33. The summed E-state index contributed by atoms with van der Waals surface area (Å²) in [6.07, 6.45) is 1.87. The summed E-state index contributed by atoms with van der Waals surface area (Å²) in [4.78, 5) is 3.69. The van der Waals surface area contributed by atoms with E-state index in [9.17, 15) is 13.2 Å². The molecule has 1 heterocycles. The van der Waals surface area contributed by atoms with Crippen LogP contribution in [0.1, 0.15) is 17.5 Å². The molecule has 0 amide bonds. The van der Waals surface area contributed by atoms with E-state index in [4.69, 9.17) is 0 Å². The highest BCUT2D eigenvalue weighted by molar-refractivity contribution is 5.53. The van der Waals surface area contributed by atoms with E-state index in [1.165, 1.54) is 12.3 Å². The van der Waals surface area contributed by atoms with E-state index in [-0.39, 0.29) is 5.56 Å². The average molecular weight is 230 g/mol. The Labute approximate surface area is 92.2 Å². The van der Waals surface area contributed by atoms with E-state index < -0.39 is 11.7 Å². The number of alkyl halides is 3. The molecule has 5 heteroatoms. The van der Waals surface area contributed by atoms with Crippen molar-refractivity contribution >= 4 is 6.08 Å². The normalized spacial score (nSPS) is 12.2. The Hall–Kier alpha value is -1.36. The van der Waals surface area contributed by atoms with Crippen LogP contribution in [0.4, 0.5) is 13.2 Å². The lowest BCUT2D eigenvalue weighted by Gasteiger charge is -2.08. The summed E-state index contributed by atoms with van der Waals surface area (Å²) < 4.78 is 37.6. The molecule has 0 aliphatic heterocycles. The van der Waals surface area contributed by atoms with Crippen LogP contribution < -0.4 is 5.32 Å². The zero-order valence-electron chi connectivity index (χ0n) is 8.88. The quantitative estimate of drug-likeness (QED) is 0.804. The van der Waals surface area contributed by atoms with Gasteiger partial charge in [-0.2, -0.15) is 13.2 Å². The van der Waals surface area contributed by atoms with Crippen LogP contribution >= 0.6 is 0 Å². The summed E-state index contributed by atoms with van der Waals surface area (Å²) in [5.41, 5.74) is -0.547. The van der Waals surface area contributed by atoms with Crippen molar-refractivity contribution in [3.8, 4) is 0 Å². The molecule has 0 aliphatic rings. The van der Waals surface area contributed by atoms with Crippen LogP contribution in [0, 0.1) is 0 Å². The summed E-state index contributed by atoms with van der Waals surface area (Å²) in [6.45, 7) is 0.734. The topological polar surface area (TPSA) is 24.9 Å². The second-order valence-corrected chi connectivity index (χ2v) is 3.26. The van der Waals surface area contributed by atoms with E-state index in [2.05, 4.69) is 10.3 Å². The SMILES string of the molecule is CNCCC=Cc1cnccc1C(F)(F)F. The van der Waals surface area contributed by atoms with E-state index in [1.807, 2.05) is 0 Å². The molecule has 0 unspecified atom stereocenters. The second-order valence-electron chi connectivity index (χ2n) is 3.26. The number of nitrogens with one attached hydrogen (secondary N) is 1. The number of rotatable bonds is 4. The maximum Gasteiger partial charge on any atom is 0.417 e. The summed E-state index contributed by atoms with van der Waals surface area (Å²) in [5, 5.41) is 2.91. The molecule has 88 valence electrons. The lowest BCUT2D eigenvalue weighted by atomic mass is 10.1. The van der Waals surface area contributed by atoms with Crippen LogP contribution in [0.5, 0.6) is 0 Å². The molecule has 1 aromatic rings. The van der Waals surface area contributed by atoms with Gasteiger partial charge in [0.1, 0.15) is 0 Å². The van der Waals surface area contributed by atoms with Crippen LogP contribution in [0.3, 0.4) is 0 Å². The fraction of sp³-hybridized carbons (Fsp3) is 0.364. The van der Waals surface area contributed by atoms with E-state index in [1.54, 1.807) is 13.1 Å². The van der Waals surface area contributed by atoms with Crippen molar-refractivity contribution in [2.24, 2.45) is 0 Å². The van der Waals surface area contributed by atoms with Gasteiger partial charge in [-0.25, -0.2) is 0 Å². The molecule has 0 aromatic carbocycles. The molecule has 0 bridgehead atoms. The standard InChI is InChI=1S/C11H13F3N2/c1-15-6-3-2-4-9-8-16-7-5-10(9)11(12,13)14/h2,4-5,7-8,15H,3,6H2,1H3. The largest absolute Gasteiger partial charge is 0.417 e. The predicted molar refractivity (Wildman–Crippen MR) is 56.8 cm³/mol. The van der Waals surface area contributed by atoms with Crippen molar-refractivity contribution < 1.29 is 13.2 Å². The van der Waals surface area contributed by atoms with E-state index >= 15 is 0 Å². The molecule has 1 aromatic heterocycles. The fourth-order valence-corrected chi connectivity index (χ4v) is 1.24. The average Bonchev–Trinajstić information content (AvgIpc) is 2.24. The number of pyridine rings is 1. The van der Waals surface area contributed by atoms with Gasteiger partial charge in [-0.3, -0.25) is 4.98 Å². The minimum Gasteiger partial charge on any atom is -0.319 e. The Morgan fingerprint density at radius 1 is 1.44 bits per heavy atom.